The van der Waals surface area contributed by atoms with Crippen LogP contribution in [0.25, 0.3) is 0 Å². The van der Waals surface area contributed by atoms with Crippen molar-refractivity contribution in [3.05, 3.63) is 35.6 Å². The third-order valence-electron chi connectivity index (χ3n) is 3.32. The van der Waals surface area contributed by atoms with E-state index in [0.29, 0.717) is 12.3 Å². The van der Waals surface area contributed by atoms with Crippen LogP contribution in [0.5, 0.6) is 0 Å². The molecule has 2 N–H and O–H groups in total. The van der Waals surface area contributed by atoms with Gasteiger partial charge in [0.1, 0.15) is 5.82 Å². The Morgan fingerprint density at radius 1 is 1.39 bits per heavy atom. The van der Waals surface area contributed by atoms with Crippen LogP contribution in [-0.2, 0) is 11.2 Å². The number of hydrogen-bond acceptors (Lipinski definition) is 2. The van der Waals surface area contributed by atoms with Gasteiger partial charge in [-0.15, -0.1) is 0 Å². The minimum absolute atomic E-state index is 0.00700. The highest BCUT2D eigenvalue weighted by atomic mass is 19.1. The second-order valence-corrected chi connectivity index (χ2v) is 4.80. The lowest BCUT2D eigenvalue weighted by atomic mass is 10.1. The predicted octanol–water partition coefficient (Wildman–Crippen LogP) is 1.48. The molecule has 1 aromatic rings. The van der Waals surface area contributed by atoms with Crippen molar-refractivity contribution in [3.63, 3.8) is 0 Å². The molecule has 98 valence electrons. The maximum absolute atomic E-state index is 12.7. The molecule has 1 aliphatic rings. The van der Waals surface area contributed by atoms with Gasteiger partial charge in [0.05, 0.1) is 6.42 Å². The third-order valence-corrected chi connectivity index (χ3v) is 3.32. The predicted molar refractivity (Wildman–Crippen MR) is 68.7 cm³/mol. The van der Waals surface area contributed by atoms with Crippen molar-refractivity contribution in [2.75, 3.05) is 19.6 Å². The number of nitrogens with one attached hydrogen (secondary N) is 2. The monoisotopic (exact) mass is 250 g/mol. The summed E-state index contributed by atoms with van der Waals surface area (Å²) in [5, 5.41) is 6.22. The summed E-state index contributed by atoms with van der Waals surface area (Å²) in [6.45, 7) is 2.88. The van der Waals surface area contributed by atoms with E-state index in [2.05, 4.69) is 10.6 Å². The molecule has 0 aromatic heterocycles. The Labute approximate surface area is 107 Å². The van der Waals surface area contributed by atoms with E-state index in [0.717, 1.165) is 31.6 Å². The van der Waals surface area contributed by atoms with Crippen LogP contribution >= 0.6 is 0 Å². The fourth-order valence-corrected chi connectivity index (χ4v) is 2.23. The van der Waals surface area contributed by atoms with Crippen molar-refractivity contribution in [2.45, 2.75) is 19.3 Å². The van der Waals surface area contributed by atoms with Crippen LogP contribution in [0.3, 0.4) is 0 Å². The Balaban J connectivity index is 1.66. The average Bonchev–Trinajstić information content (AvgIpc) is 2.85. The molecule has 1 amide bonds. The normalized spacial score (nSPS) is 18.8. The van der Waals surface area contributed by atoms with Crippen molar-refractivity contribution in [1.82, 2.24) is 10.6 Å². The van der Waals surface area contributed by atoms with E-state index in [1.54, 1.807) is 12.1 Å². The molecule has 0 spiro atoms. The van der Waals surface area contributed by atoms with Crippen LogP contribution in [0, 0.1) is 11.7 Å². The largest absolute Gasteiger partial charge is 0.356 e. The third kappa shape index (κ3) is 4.11. The topological polar surface area (TPSA) is 41.1 Å². The van der Waals surface area contributed by atoms with Crippen LogP contribution in [0.15, 0.2) is 24.3 Å². The number of halogens is 1. The molecular weight excluding hydrogens is 231 g/mol. The molecule has 3 nitrogen and oxygen atoms in total. The molecule has 1 saturated heterocycles. The summed E-state index contributed by atoms with van der Waals surface area (Å²) in [5.74, 6) is 0.427. The van der Waals surface area contributed by atoms with Gasteiger partial charge in [-0.1, -0.05) is 12.1 Å². The van der Waals surface area contributed by atoms with Gasteiger partial charge < -0.3 is 10.6 Å². The summed E-state index contributed by atoms with van der Waals surface area (Å²) in [6, 6.07) is 6.06. The zero-order valence-electron chi connectivity index (χ0n) is 10.4. The standard InChI is InChI=1S/C14H19FN2O/c15-13-3-1-11(2-4-13)9-14(18)17-8-6-12-5-7-16-10-12/h1-4,12,16H,5-10H2,(H,17,18). The second kappa shape index (κ2) is 6.50. The summed E-state index contributed by atoms with van der Waals surface area (Å²) < 4.78 is 12.7. The molecule has 0 radical (unpaired) electrons. The first kappa shape index (κ1) is 13.0. The van der Waals surface area contributed by atoms with Crippen molar-refractivity contribution in [2.24, 2.45) is 5.92 Å². The Hall–Kier alpha value is -1.42. The highest BCUT2D eigenvalue weighted by molar-refractivity contribution is 5.78. The van der Waals surface area contributed by atoms with Gasteiger partial charge >= 0.3 is 0 Å². The minimum atomic E-state index is -0.270. The lowest BCUT2D eigenvalue weighted by Crippen LogP contribution is -2.27. The van der Waals surface area contributed by atoms with E-state index in [1.165, 1.54) is 18.6 Å². The fourth-order valence-electron chi connectivity index (χ4n) is 2.23. The zero-order valence-corrected chi connectivity index (χ0v) is 10.4. The SMILES string of the molecule is O=C(Cc1ccc(F)cc1)NCCC1CCNC1. The molecule has 0 bridgehead atoms. The molecule has 1 aromatic carbocycles. The number of carbonyl (C=O) groups is 1. The molecule has 1 fully saturated rings. The molecular formula is C14H19FN2O. The quantitative estimate of drug-likeness (QED) is 0.831. The van der Waals surface area contributed by atoms with E-state index < -0.39 is 0 Å². The smallest absolute Gasteiger partial charge is 0.224 e. The first-order valence-corrected chi connectivity index (χ1v) is 6.46. The number of benzene rings is 1. The maximum atomic E-state index is 12.7. The van der Waals surface area contributed by atoms with E-state index in [4.69, 9.17) is 0 Å². The maximum Gasteiger partial charge on any atom is 0.224 e. The molecule has 1 atom stereocenters. The first-order chi connectivity index (χ1) is 8.74. The van der Waals surface area contributed by atoms with Gasteiger partial charge in [-0.3, -0.25) is 4.79 Å². The minimum Gasteiger partial charge on any atom is -0.356 e. The molecule has 18 heavy (non-hydrogen) atoms. The Morgan fingerprint density at radius 3 is 2.83 bits per heavy atom. The highest BCUT2D eigenvalue weighted by Gasteiger charge is 2.14. The van der Waals surface area contributed by atoms with Crippen LogP contribution < -0.4 is 10.6 Å². The molecule has 1 heterocycles. The van der Waals surface area contributed by atoms with Crippen LogP contribution in [-0.4, -0.2) is 25.5 Å². The number of hydrogen-bond donors (Lipinski definition) is 2. The zero-order chi connectivity index (χ0) is 12.8. The van der Waals surface area contributed by atoms with Gasteiger partial charge in [0.2, 0.25) is 5.91 Å². The molecule has 4 heteroatoms. The first-order valence-electron chi connectivity index (χ1n) is 6.46. The van der Waals surface area contributed by atoms with Gasteiger partial charge in [-0.25, -0.2) is 4.39 Å². The van der Waals surface area contributed by atoms with Crippen LogP contribution in [0.2, 0.25) is 0 Å². The lowest BCUT2D eigenvalue weighted by molar-refractivity contribution is -0.120. The molecule has 0 saturated carbocycles. The van der Waals surface area contributed by atoms with Gasteiger partial charge in [0.15, 0.2) is 0 Å². The van der Waals surface area contributed by atoms with Crippen LogP contribution in [0.1, 0.15) is 18.4 Å². The van der Waals surface area contributed by atoms with E-state index in [1.807, 2.05) is 0 Å². The number of carbonyl (C=O) groups excluding carboxylic acids is 1. The van der Waals surface area contributed by atoms with Crippen molar-refractivity contribution in [3.8, 4) is 0 Å². The van der Waals surface area contributed by atoms with E-state index in [9.17, 15) is 9.18 Å². The Morgan fingerprint density at radius 2 is 2.17 bits per heavy atom. The van der Waals surface area contributed by atoms with Gasteiger partial charge in [0, 0.05) is 6.54 Å². The molecule has 0 aliphatic carbocycles. The average molecular weight is 250 g/mol. The van der Waals surface area contributed by atoms with E-state index in [-0.39, 0.29) is 11.7 Å². The fraction of sp³-hybridized carbons (Fsp3) is 0.500. The Bertz CT molecular complexity index is 385. The number of rotatable bonds is 5. The molecule has 1 aliphatic heterocycles. The van der Waals surface area contributed by atoms with E-state index >= 15 is 0 Å². The van der Waals surface area contributed by atoms with Crippen molar-refractivity contribution in [1.29, 1.82) is 0 Å². The number of amides is 1. The summed E-state index contributed by atoms with van der Waals surface area (Å²) in [7, 11) is 0. The van der Waals surface area contributed by atoms with Gasteiger partial charge in [-0.2, -0.15) is 0 Å². The highest BCUT2D eigenvalue weighted by Crippen LogP contribution is 2.10. The lowest BCUT2D eigenvalue weighted by Gasteiger charge is -2.09. The van der Waals surface area contributed by atoms with Gasteiger partial charge in [-0.05, 0) is 49.5 Å². The Kier molecular flexibility index (Phi) is 4.70. The molecule has 1 unspecified atom stereocenters. The summed E-state index contributed by atoms with van der Waals surface area (Å²) >= 11 is 0. The van der Waals surface area contributed by atoms with Crippen molar-refractivity contribution >= 4 is 5.91 Å². The van der Waals surface area contributed by atoms with Crippen molar-refractivity contribution < 1.29 is 9.18 Å². The summed E-state index contributed by atoms with van der Waals surface area (Å²) in [6.07, 6.45) is 2.55. The van der Waals surface area contributed by atoms with Crippen LogP contribution in [0.4, 0.5) is 4.39 Å². The summed E-state index contributed by atoms with van der Waals surface area (Å²) in [5.41, 5.74) is 0.844. The summed E-state index contributed by atoms with van der Waals surface area (Å²) in [4.78, 5) is 11.7. The second-order valence-electron chi connectivity index (χ2n) is 4.80. The molecule has 2 rings (SSSR count). The van der Waals surface area contributed by atoms with Gasteiger partial charge in [0.25, 0.3) is 0 Å².